The van der Waals surface area contributed by atoms with Crippen molar-refractivity contribution >= 4 is 17.4 Å². The van der Waals surface area contributed by atoms with Crippen LogP contribution in [0, 0.1) is 5.41 Å². The van der Waals surface area contributed by atoms with E-state index in [1.165, 1.54) is 12.8 Å². The Bertz CT molecular complexity index is 437. The molecule has 1 aliphatic rings. The van der Waals surface area contributed by atoms with E-state index in [1.807, 2.05) is 13.0 Å². The fourth-order valence-electron chi connectivity index (χ4n) is 2.49. The fourth-order valence-corrected chi connectivity index (χ4v) is 2.69. The second-order valence-corrected chi connectivity index (χ2v) is 6.18. The van der Waals surface area contributed by atoms with Gasteiger partial charge in [-0.1, -0.05) is 25.4 Å². The number of hydrogen-bond donors (Lipinski definition) is 0. The molecule has 0 aliphatic carbocycles. The molecule has 0 aromatic carbocycles. The average Bonchev–Trinajstić information content (AvgIpc) is 2.34. The molecule has 2 rings (SSSR count). The Balaban J connectivity index is 2.16. The third-order valence-electron chi connectivity index (χ3n) is 3.39. The van der Waals surface area contributed by atoms with Gasteiger partial charge < -0.3 is 9.64 Å². The quantitative estimate of drug-likeness (QED) is 0.795. The van der Waals surface area contributed by atoms with Crippen LogP contribution in [0.5, 0.6) is 0 Å². The summed E-state index contributed by atoms with van der Waals surface area (Å²) in [5, 5.41) is 0.489. The molecule has 0 amide bonds. The maximum absolute atomic E-state index is 6.09. The van der Waals surface area contributed by atoms with Crippen molar-refractivity contribution in [1.82, 2.24) is 9.97 Å². The molecule has 1 saturated heterocycles. The van der Waals surface area contributed by atoms with Crippen LogP contribution in [0.15, 0.2) is 6.07 Å². The topological polar surface area (TPSA) is 38.2 Å². The van der Waals surface area contributed by atoms with Crippen LogP contribution in [0.25, 0.3) is 0 Å². The minimum atomic E-state index is 0.329. The Morgan fingerprint density at radius 1 is 1.42 bits per heavy atom. The molecule has 1 aliphatic heterocycles. The lowest BCUT2D eigenvalue weighted by Crippen LogP contribution is -2.40. The third-order valence-corrected chi connectivity index (χ3v) is 3.58. The Labute approximate surface area is 120 Å². The molecule has 0 radical (unpaired) electrons. The summed E-state index contributed by atoms with van der Waals surface area (Å²) in [6.07, 6.45) is 2.45. The van der Waals surface area contributed by atoms with Crippen LogP contribution in [-0.2, 0) is 11.3 Å². The molecular formula is C14H22ClN3O. The van der Waals surface area contributed by atoms with Crippen molar-refractivity contribution in [3.05, 3.63) is 17.0 Å². The highest BCUT2D eigenvalue weighted by Gasteiger charge is 2.27. The largest absolute Gasteiger partial charge is 0.374 e. The van der Waals surface area contributed by atoms with Crippen LogP contribution in [0.2, 0.25) is 5.15 Å². The molecule has 0 atom stereocenters. The predicted molar refractivity (Wildman–Crippen MR) is 77.6 cm³/mol. The number of anilines is 1. The standard InChI is InChI=1S/C14H22ClN3O/c1-4-19-9-12-16-11(15)8-13(17-12)18-7-5-6-14(2,3)10-18/h8H,4-7,9-10H2,1-3H3. The lowest BCUT2D eigenvalue weighted by molar-refractivity contribution is 0.128. The molecular weight excluding hydrogens is 262 g/mol. The number of piperidine rings is 1. The van der Waals surface area contributed by atoms with Gasteiger partial charge in [-0.05, 0) is 25.2 Å². The van der Waals surface area contributed by atoms with E-state index in [2.05, 4.69) is 28.7 Å². The zero-order valence-corrected chi connectivity index (χ0v) is 12.7. The first-order valence-corrected chi connectivity index (χ1v) is 7.24. The lowest BCUT2D eigenvalue weighted by Gasteiger charge is -2.38. The third kappa shape index (κ3) is 4.05. The molecule has 4 nitrogen and oxygen atoms in total. The predicted octanol–water partition coefficient (Wildman–Crippen LogP) is 3.29. The van der Waals surface area contributed by atoms with Crippen molar-refractivity contribution in [3.63, 3.8) is 0 Å². The van der Waals surface area contributed by atoms with Gasteiger partial charge in [0.1, 0.15) is 17.6 Å². The zero-order valence-electron chi connectivity index (χ0n) is 11.9. The van der Waals surface area contributed by atoms with E-state index in [0.717, 1.165) is 18.9 Å². The van der Waals surface area contributed by atoms with Gasteiger partial charge in [-0.3, -0.25) is 0 Å². The van der Waals surface area contributed by atoms with Gasteiger partial charge >= 0.3 is 0 Å². The summed E-state index contributed by atoms with van der Waals surface area (Å²) in [5.74, 6) is 1.58. The van der Waals surface area contributed by atoms with Gasteiger partial charge in [-0.25, -0.2) is 9.97 Å². The van der Waals surface area contributed by atoms with Crippen molar-refractivity contribution in [3.8, 4) is 0 Å². The van der Waals surface area contributed by atoms with Gasteiger partial charge in [0, 0.05) is 25.8 Å². The van der Waals surface area contributed by atoms with Crippen molar-refractivity contribution in [2.45, 2.75) is 40.2 Å². The second kappa shape index (κ2) is 6.06. The minimum absolute atomic E-state index is 0.329. The minimum Gasteiger partial charge on any atom is -0.374 e. The highest BCUT2D eigenvalue weighted by atomic mass is 35.5. The van der Waals surface area contributed by atoms with Crippen molar-refractivity contribution < 1.29 is 4.74 Å². The van der Waals surface area contributed by atoms with E-state index < -0.39 is 0 Å². The Hall–Kier alpha value is -0.870. The van der Waals surface area contributed by atoms with E-state index >= 15 is 0 Å². The van der Waals surface area contributed by atoms with E-state index in [4.69, 9.17) is 16.3 Å². The van der Waals surface area contributed by atoms with Gasteiger partial charge in [0.2, 0.25) is 0 Å². The monoisotopic (exact) mass is 283 g/mol. The van der Waals surface area contributed by atoms with Crippen LogP contribution in [0.4, 0.5) is 5.82 Å². The Kier molecular flexibility index (Phi) is 4.63. The van der Waals surface area contributed by atoms with E-state index in [0.29, 0.717) is 29.6 Å². The smallest absolute Gasteiger partial charge is 0.158 e. The first-order chi connectivity index (χ1) is 9.00. The molecule has 0 unspecified atom stereocenters. The van der Waals surface area contributed by atoms with Crippen molar-refractivity contribution in [2.75, 3.05) is 24.6 Å². The summed E-state index contributed by atoms with van der Waals surface area (Å²) >= 11 is 6.09. The van der Waals surface area contributed by atoms with E-state index in [9.17, 15) is 0 Å². The summed E-state index contributed by atoms with van der Waals surface area (Å²) in [6.45, 7) is 9.66. The maximum atomic E-state index is 6.09. The number of rotatable bonds is 4. The molecule has 19 heavy (non-hydrogen) atoms. The van der Waals surface area contributed by atoms with Crippen LogP contribution >= 0.6 is 11.6 Å². The lowest BCUT2D eigenvalue weighted by atomic mass is 9.84. The highest BCUT2D eigenvalue weighted by Crippen LogP contribution is 2.31. The molecule has 5 heteroatoms. The number of nitrogens with zero attached hydrogens (tertiary/aromatic N) is 3. The number of ether oxygens (including phenoxy) is 1. The Morgan fingerprint density at radius 2 is 2.21 bits per heavy atom. The summed E-state index contributed by atoms with van der Waals surface area (Å²) in [6, 6.07) is 1.85. The molecule has 0 N–H and O–H groups in total. The van der Waals surface area contributed by atoms with Gasteiger partial charge in [-0.15, -0.1) is 0 Å². The molecule has 2 heterocycles. The van der Waals surface area contributed by atoms with Crippen molar-refractivity contribution in [2.24, 2.45) is 5.41 Å². The van der Waals surface area contributed by atoms with E-state index in [-0.39, 0.29) is 0 Å². The molecule has 1 fully saturated rings. The number of halogens is 1. The van der Waals surface area contributed by atoms with Gasteiger partial charge in [0.15, 0.2) is 5.82 Å². The average molecular weight is 284 g/mol. The second-order valence-electron chi connectivity index (χ2n) is 5.79. The molecule has 0 spiro atoms. The molecule has 1 aromatic rings. The molecule has 1 aromatic heterocycles. The SMILES string of the molecule is CCOCc1nc(Cl)cc(N2CCCC(C)(C)C2)n1. The molecule has 106 valence electrons. The van der Waals surface area contributed by atoms with Gasteiger partial charge in [-0.2, -0.15) is 0 Å². The number of aromatic nitrogens is 2. The summed E-state index contributed by atoms with van der Waals surface area (Å²) in [7, 11) is 0. The zero-order chi connectivity index (χ0) is 13.9. The van der Waals surface area contributed by atoms with Crippen molar-refractivity contribution in [1.29, 1.82) is 0 Å². The Morgan fingerprint density at radius 3 is 2.89 bits per heavy atom. The van der Waals surface area contributed by atoms with Crippen LogP contribution < -0.4 is 4.90 Å². The van der Waals surface area contributed by atoms with Crippen LogP contribution in [0.1, 0.15) is 39.4 Å². The molecule has 0 saturated carbocycles. The summed E-state index contributed by atoms with van der Waals surface area (Å²) in [5.41, 5.74) is 0.329. The normalized spacial score (nSPS) is 18.6. The van der Waals surface area contributed by atoms with Crippen LogP contribution in [0.3, 0.4) is 0 Å². The number of hydrogen-bond acceptors (Lipinski definition) is 4. The summed E-state index contributed by atoms with van der Waals surface area (Å²) < 4.78 is 5.36. The van der Waals surface area contributed by atoms with Gasteiger partial charge in [0.05, 0.1) is 0 Å². The molecule has 0 bridgehead atoms. The fraction of sp³-hybridized carbons (Fsp3) is 0.714. The first-order valence-electron chi connectivity index (χ1n) is 6.86. The first kappa shape index (κ1) is 14.5. The van der Waals surface area contributed by atoms with E-state index in [1.54, 1.807) is 0 Å². The van der Waals surface area contributed by atoms with Crippen LogP contribution in [-0.4, -0.2) is 29.7 Å². The van der Waals surface area contributed by atoms with Gasteiger partial charge in [0.25, 0.3) is 0 Å². The highest BCUT2D eigenvalue weighted by molar-refractivity contribution is 6.29. The maximum Gasteiger partial charge on any atom is 0.158 e. The summed E-state index contributed by atoms with van der Waals surface area (Å²) in [4.78, 5) is 11.1.